The first kappa shape index (κ1) is 21.3. The number of nitrogens with zero attached hydrogens (tertiary/aromatic N) is 2. The second-order valence-corrected chi connectivity index (χ2v) is 8.03. The van der Waals surface area contributed by atoms with Crippen molar-refractivity contribution in [1.82, 2.24) is 15.5 Å². The van der Waals surface area contributed by atoms with Gasteiger partial charge in [-0.3, -0.25) is 9.79 Å². The lowest BCUT2D eigenvalue weighted by Gasteiger charge is -2.19. The Hall–Kier alpha value is -2.04. The smallest absolute Gasteiger partial charge is 0.222 e. The van der Waals surface area contributed by atoms with E-state index in [1.165, 1.54) is 24.0 Å². The molecular weight excluding hydrogens is 336 g/mol. The molecule has 0 spiro atoms. The van der Waals surface area contributed by atoms with Crippen LogP contribution in [0.2, 0.25) is 0 Å². The van der Waals surface area contributed by atoms with Crippen LogP contribution < -0.4 is 10.6 Å². The molecule has 150 valence electrons. The zero-order valence-corrected chi connectivity index (χ0v) is 17.4. The molecule has 5 nitrogen and oxygen atoms in total. The fraction of sp³-hybridized carbons (Fsp3) is 0.636. The lowest BCUT2D eigenvalue weighted by molar-refractivity contribution is -0.128. The van der Waals surface area contributed by atoms with Gasteiger partial charge in [-0.05, 0) is 36.8 Å². The van der Waals surface area contributed by atoms with Crippen LogP contribution in [0.5, 0.6) is 0 Å². The van der Waals surface area contributed by atoms with E-state index in [-0.39, 0.29) is 5.91 Å². The predicted octanol–water partition coefficient (Wildman–Crippen LogP) is 3.69. The van der Waals surface area contributed by atoms with Gasteiger partial charge < -0.3 is 15.5 Å². The van der Waals surface area contributed by atoms with Crippen molar-refractivity contribution in [1.29, 1.82) is 0 Å². The molecule has 1 aromatic rings. The molecule has 0 saturated carbocycles. The topological polar surface area (TPSA) is 56.7 Å². The Kier molecular flexibility index (Phi) is 8.62. The Morgan fingerprint density at radius 2 is 2.00 bits per heavy atom. The van der Waals surface area contributed by atoms with Crippen LogP contribution >= 0.6 is 0 Å². The largest absolute Gasteiger partial charge is 0.354 e. The van der Waals surface area contributed by atoms with Crippen LogP contribution in [0.3, 0.4) is 0 Å². The highest BCUT2D eigenvalue weighted by atomic mass is 16.2. The van der Waals surface area contributed by atoms with E-state index in [1.54, 1.807) is 0 Å². The Bertz CT molecular complexity index is 626. The first-order valence-electron chi connectivity index (χ1n) is 10.3. The van der Waals surface area contributed by atoms with Crippen molar-refractivity contribution in [2.75, 3.05) is 13.6 Å². The molecule has 0 aromatic heterocycles. The molecule has 27 heavy (non-hydrogen) atoms. The fourth-order valence-corrected chi connectivity index (χ4v) is 3.45. The van der Waals surface area contributed by atoms with Crippen molar-refractivity contribution < 1.29 is 4.79 Å². The van der Waals surface area contributed by atoms with Gasteiger partial charge in [0.2, 0.25) is 5.91 Å². The summed E-state index contributed by atoms with van der Waals surface area (Å²) in [4.78, 5) is 18.1. The minimum atomic E-state index is 0.273. The summed E-state index contributed by atoms with van der Waals surface area (Å²) in [6.45, 7) is 9.07. The van der Waals surface area contributed by atoms with Gasteiger partial charge in [-0.2, -0.15) is 0 Å². The Morgan fingerprint density at radius 3 is 2.67 bits per heavy atom. The number of hydrogen-bond acceptors (Lipinski definition) is 2. The number of carbonyl (C=O) groups is 1. The van der Waals surface area contributed by atoms with E-state index in [2.05, 4.69) is 60.7 Å². The highest BCUT2D eigenvalue weighted by Gasteiger charge is 2.19. The van der Waals surface area contributed by atoms with Crippen molar-refractivity contribution >= 4 is 11.9 Å². The number of benzene rings is 1. The first-order chi connectivity index (χ1) is 13.0. The molecule has 2 rings (SSSR count). The van der Waals surface area contributed by atoms with Gasteiger partial charge in [-0.1, -0.05) is 51.0 Å². The van der Waals surface area contributed by atoms with Crippen LogP contribution in [0.25, 0.3) is 0 Å². The standard InChI is InChI=1S/C22H36N4O/c1-17(2)8-5-9-18(3)25-22(23-4)24-15-19-10-6-11-20(14-19)16-26-13-7-12-21(26)27/h6,10-11,14,17-18H,5,7-9,12-13,15-16H2,1-4H3,(H2,23,24,25). The molecule has 0 bridgehead atoms. The molecule has 1 amide bonds. The Balaban J connectivity index is 1.80. The molecule has 1 aliphatic heterocycles. The van der Waals surface area contributed by atoms with Crippen LogP contribution in [-0.2, 0) is 17.9 Å². The maximum Gasteiger partial charge on any atom is 0.222 e. The summed E-state index contributed by atoms with van der Waals surface area (Å²) in [5.41, 5.74) is 2.39. The highest BCUT2D eigenvalue weighted by Crippen LogP contribution is 2.15. The zero-order valence-electron chi connectivity index (χ0n) is 17.4. The number of aliphatic imine (C=N–C) groups is 1. The monoisotopic (exact) mass is 372 g/mol. The summed E-state index contributed by atoms with van der Waals surface area (Å²) in [7, 11) is 1.81. The van der Waals surface area contributed by atoms with Crippen molar-refractivity contribution in [2.24, 2.45) is 10.9 Å². The Morgan fingerprint density at radius 1 is 1.22 bits per heavy atom. The molecule has 0 aliphatic carbocycles. The number of guanidine groups is 1. The molecule has 5 heteroatoms. The van der Waals surface area contributed by atoms with Crippen molar-refractivity contribution in [2.45, 2.75) is 72.0 Å². The van der Waals surface area contributed by atoms with Crippen LogP contribution in [0.15, 0.2) is 29.3 Å². The number of likely N-dealkylation sites (tertiary alicyclic amines) is 1. The summed E-state index contributed by atoms with van der Waals surface area (Å²) < 4.78 is 0. The third kappa shape index (κ3) is 7.61. The van der Waals surface area contributed by atoms with Gasteiger partial charge in [-0.15, -0.1) is 0 Å². The summed E-state index contributed by atoms with van der Waals surface area (Å²) in [6.07, 6.45) is 5.33. The molecule has 1 saturated heterocycles. The van der Waals surface area contributed by atoms with E-state index in [0.717, 1.165) is 37.8 Å². The number of rotatable bonds is 9. The van der Waals surface area contributed by atoms with Crippen LogP contribution in [-0.4, -0.2) is 36.4 Å². The average Bonchev–Trinajstić information content (AvgIpc) is 3.03. The molecular formula is C22H36N4O. The second kappa shape index (κ2) is 11.0. The van der Waals surface area contributed by atoms with Gasteiger partial charge in [0.15, 0.2) is 5.96 Å². The number of carbonyl (C=O) groups excluding carboxylic acids is 1. The SMILES string of the molecule is CN=C(NCc1cccc(CN2CCCC2=O)c1)NC(C)CCCC(C)C. The molecule has 2 N–H and O–H groups in total. The van der Waals surface area contributed by atoms with Crippen molar-refractivity contribution in [3.63, 3.8) is 0 Å². The minimum Gasteiger partial charge on any atom is -0.354 e. The maximum atomic E-state index is 11.8. The summed E-state index contributed by atoms with van der Waals surface area (Å²) in [5.74, 6) is 1.87. The van der Waals surface area contributed by atoms with E-state index >= 15 is 0 Å². The molecule has 1 aromatic carbocycles. The predicted molar refractivity (Wildman–Crippen MR) is 113 cm³/mol. The first-order valence-corrected chi connectivity index (χ1v) is 10.3. The molecule has 1 fully saturated rings. The number of hydrogen-bond donors (Lipinski definition) is 2. The van der Waals surface area contributed by atoms with Gasteiger partial charge in [0.25, 0.3) is 0 Å². The van der Waals surface area contributed by atoms with E-state index in [4.69, 9.17) is 0 Å². The average molecular weight is 373 g/mol. The Labute approximate surface area is 164 Å². The van der Waals surface area contributed by atoms with Crippen LogP contribution in [0.4, 0.5) is 0 Å². The van der Waals surface area contributed by atoms with Gasteiger partial charge in [-0.25, -0.2) is 0 Å². The van der Waals surface area contributed by atoms with Crippen LogP contribution in [0.1, 0.15) is 64.0 Å². The maximum absolute atomic E-state index is 11.8. The lowest BCUT2D eigenvalue weighted by Crippen LogP contribution is -2.41. The minimum absolute atomic E-state index is 0.273. The third-order valence-corrected chi connectivity index (χ3v) is 5.02. The summed E-state index contributed by atoms with van der Waals surface area (Å²) in [5, 5.41) is 6.88. The van der Waals surface area contributed by atoms with Crippen molar-refractivity contribution in [3.8, 4) is 0 Å². The van der Waals surface area contributed by atoms with E-state index in [9.17, 15) is 4.79 Å². The van der Waals surface area contributed by atoms with Crippen molar-refractivity contribution in [3.05, 3.63) is 35.4 Å². The van der Waals surface area contributed by atoms with Gasteiger partial charge >= 0.3 is 0 Å². The van der Waals surface area contributed by atoms with Gasteiger partial charge in [0, 0.05) is 39.1 Å². The normalized spacial score (nSPS) is 16.1. The number of amides is 1. The zero-order chi connectivity index (χ0) is 19.6. The second-order valence-electron chi connectivity index (χ2n) is 8.03. The molecule has 1 unspecified atom stereocenters. The lowest BCUT2D eigenvalue weighted by atomic mass is 10.0. The van der Waals surface area contributed by atoms with E-state index < -0.39 is 0 Å². The van der Waals surface area contributed by atoms with E-state index in [0.29, 0.717) is 19.0 Å². The van der Waals surface area contributed by atoms with E-state index in [1.807, 2.05) is 11.9 Å². The number of nitrogens with one attached hydrogen (secondary N) is 2. The third-order valence-electron chi connectivity index (χ3n) is 5.02. The molecule has 1 heterocycles. The highest BCUT2D eigenvalue weighted by molar-refractivity contribution is 5.80. The van der Waals surface area contributed by atoms with Crippen LogP contribution in [0, 0.1) is 5.92 Å². The van der Waals surface area contributed by atoms with Gasteiger partial charge in [0.1, 0.15) is 0 Å². The fourth-order valence-electron chi connectivity index (χ4n) is 3.45. The summed E-state index contributed by atoms with van der Waals surface area (Å²) >= 11 is 0. The summed E-state index contributed by atoms with van der Waals surface area (Å²) in [6, 6.07) is 8.86. The molecule has 0 radical (unpaired) electrons. The molecule has 1 atom stereocenters. The van der Waals surface area contributed by atoms with Gasteiger partial charge in [0.05, 0.1) is 0 Å². The molecule has 1 aliphatic rings. The quantitative estimate of drug-likeness (QED) is 0.513.